The average Bonchev–Trinajstić information content (AvgIpc) is 2.36. The molecule has 5 nitrogen and oxygen atoms in total. The zero-order chi connectivity index (χ0) is 16.9. The molecule has 0 aliphatic rings. The summed E-state index contributed by atoms with van der Waals surface area (Å²) in [6.07, 6.45) is -0.652. The minimum atomic E-state index is -0.750. The molecular weight excluding hydrogens is 287 g/mol. The molecule has 1 aromatic carbocycles. The van der Waals surface area contributed by atoms with Gasteiger partial charge < -0.3 is 15.4 Å². The minimum absolute atomic E-state index is 0.132. The number of rotatable bonds is 4. The molecule has 1 atom stereocenters. The van der Waals surface area contributed by atoms with Crippen LogP contribution in [0.2, 0.25) is 0 Å². The van der Waals surface area contributed by atoms with Crippen molar-refractivity contribution in [2.75, 3.05) is 5.32 Å². The maximum absolute atomic E-state index is 12.9. The van der Waals surface area contributed by atoms with Crippen LogP contribution in [-0.4, -0.2) is 23.6 Å². The Hall–Kier alpha value is -2.11. The van der Waals surface area contributed by atoms with E-state index in [0.717, 1.165) is 0 Å². The number of hydrogen-bond acceptors (Lipinski definition) is 3. The first-order chi connectivity index (χ1) is 10.1. The van der Waals surface area contributed by atoms with Crippen LogP contribution in [0, 0.1) is 11.7 Å². The molecule has 0 spiro atoms. The van der Waals surface area contributed by atoms with E-state index in [4.69, 9.17) is 4.74 Å². The van der Waals surface area contributed by atoms with Crippen LogP contribution >= 0.6 is 0 Å². The van der Waals surface area contributed by atoms with Crippen molar-refractivity contribution < 1.29 is 18.7 Å². The third kappa shape index (κ3) is 6.11. The van der Waals surface area contributed by atoms with Gasteiger partial charge in [0, 0.05) is 5.69 Å². The number of benzene rings is 1. The van der Waals surface area contributed by atoms with Crippen molar-refractivity contribution in [2.24, 2.45) is 5.92 Å². The van der Waals surface area contributed by atoms with Crippen LogP contribution in [-0.2, 0) is 9.53 Å². The molecule has 1 aromatic rings. The number of ether oxygens (including phenoxy) is 1. The fraction of sp³-hybridized carbons (Fsp3) is 0.500. The summed E-state index contributed by atoms with van der Waals surface area (Å²) in [7, 11) is 0. The third-order valence-corrected chi connectivity index (χ3v) is 2.73. The van der Waals surface area contributed by atoms with Crippen molar-refractivity contribution in [3.8, 4) is 0 Å². The van der Waals surface area contributed by atoms with E-state index < -0.39 is 17.7 Å². The molecule has 0 fully saturated rings. The van der Waals surface area contributed by atoms with Gasteiger partial charge in [-0.3, -0.25) is 4.79 Å². The maximum Gasteiger partial charge on any atom is 0.408 e. The monoisotopic (exact) mass is 310 g/mol. The number of anilines is 1. The van der Waals surface area contributed by atoms with Crippen molar-refractivity contribution >= 4 is 17.7 Å². The number of carbonyl (C=O) groups is 2. The molecule has 22 heavy (non-hydrogen) atoms. The smallest absolute Gasteiger partial charge is 0.408 e. The zero-order valence-electron chi connectivity index (χ0n) is 13.6. The molecule has 2 N–H and O–H groups in total. The van der Waals surface area contributed by atoms with Gasteiger partial charge in [-0.25, -0.2) is 9.18 Å². The summed E-state index contributed by atoms with van der Waals surface area (Å²) in [5.74, 6) is -0.897. The minimum Gasteiger partial charge on any atom is -0.444 e. The molecular formula is C16H23FN2O3. The molecule has 0 saturated carbocycles. The second-order valence-corrected chi connectivity index (χ2v) is 6.36. The van der Waals surface area contributed by atoms with Gasteiger partial charge in [-0.05, 0) is 51.0 Å². The molecule has 0 aliphatic heterocycles. The molecule has 0 aromatic heterocycles. The van der Waals surface area contributed by atoms with E-state index in [-0.39, 0.29) is 17.6 Å². The predicted octanol–water partition coefficient (Wildman–Crippen LogP) is 3.31. The fourth-order valence-electron chi connectivity index (χ4n) is 1.72. The quantitative estimate of drug-likeness (QED) is 0.896. The molecule has 6 heteroatoms. The summed E-state index contributed by atoms with van der Waals surface area (Å²) in [4.78, 5) is 24.1. The molecule has 2 amide bonds. The summed E-state index contributed by atoms with van der Waals surface area (Å²) in [6.45, 7) is 8.86. The lowest BCUT2D eigenvalue weighted by molar-refractivity contribution is -0.119. The highest BCUT2D eigenvalue weighted by molar-refractivity contribution is 5.96. The third-order valence-electron chi connectivity index (χ3n) is 2.73. The lowest BCUT2D eigenvalue weighted by Gasteiger charge is -2.25. The summed E-state index contributed by atoms with van der Waals surface area (Å²) >= 11 is 0. The van der Waals surface area contributed by atoms with E-state index in [0.29, 0.717) is 5.69 Å². The lowest BCUT2D eigenvalue weighted by Crippen LogP contribution is -2.48. The Morgan fingerprint density at radius 1 is 1.14 bits per heavy atom. The van der Waals surface area contributed by atoms with E-state index in [1.807, 2.05) is 13.8 Å². The summed E-state index contributed by atoms with van der Waals surface area (Å²) in [5.41, 5.74) is -0.179. The Kier molecular flexibility index (Phi) is 5.91. The Balaban J connectivity index is 2.71. The molecule has 0 radical (unpaired) electrons. The fourth-order valence-corrected chi connectivity index (χ4v) is 1.72. The van der Waals surface area contributed by atoms with Crippen LogP contribution in [0.25, 0.3) is 0 Å². The standard InChI is InChI=1S/C16H23FN2O3/c1-10(2)13(19-15(21)22-16(3,4)5)14(20)18-12-8-6-11(17)7-9-12/h6-10,13H,1-5H3,(H,18,20)(H,19,21)/t13-/m0/s1. The van der Waals surface area contributed by atoms with E-state index in [9.17, 15) is 14.0 Å². The number of carbonyl (C=O) groups excluding carboxylic acids is 2. The first kappa shape index (κ1) is 17.9. The normalized spacial score (nSPS) is 12.7. The van der Waals surface area contributed by atoms with E-state index in [1.54, 1.807) is 20.8 Å². The van der Waals surface area contributed by atoms with Crippen LogP contribution in [0.3, 0.4) is 0 Å². The number of alkyl carbamates (subject to hydrolysis) is 1. The van der Waals surface area contributed by atoms with Crippen LogP contribution in [0.4, 0.5) is 14.9 Å². The molecule has 1 rings (SSSR count). The lowest BCUT2D eigenvalue weighted by atomic mass is 10.0. The van der Waals surface area contributed by atoms with Crippen molar-refractivity contribution in [1.29, 1.82) is 0 Å². The first-order valence-corrected chi connectivity index (χ1v) is 7.14. The summed E-state index contributed by atoms with van der Waals surface area (Å²) in [5, 5.41) is 5.20. The SMILES string of the molecule is CC(C)[C@H](NC(=O)OC(C)(C)C)C(=O)Nc1ccc(F)cc1. The van der Waals surface area contributed by atoms with Crippen LogP contribution in [0.15, 0.2) is 24.3 Å². The zero-order valence-corrected chi connectivity index (χ0v) is 13.6. The van der Waals surface area contributed by atoms with Gasteiger partial charge >= 0.3 is 6.09 Å². The molecule has 0 bridgehead atoms. The van der Waals surface area contributed by atoms with Gasteiger partial charge in [0.25, 0.3) is 0 Å². The highest BCUT2D eigenvalue weighted by Crippen LogP contribution is 2.12. The maximum atomic E-state index is 12.9. The molecule has 122 valence electrons. The van der Waals surface area contributed by atoms with Crippen LogP contribution < -0.4 is 10.6 Å². The highest BCUT2D eigenvalue weighted by Gasteiger charge is 2.26. The molecule has 0 heterocycles. The Bertz CT molecular complexity index is 521. The van der Waals surface area contributed by atoms with E-state index in [2.05, 4.69) is 10.6 Å². The van der Waals surface area contributed by atoms with Crippen molar-refractivity contribution in [3.63, 3.8) is 0 Å². The number of hydrogen-bond donors (Lipinski definition) is 2. The van der Waals surface area contributed by atoms with Gasteiger partial charge in [0.15, 0.2) is 0 Å². The summed E-state index contributed by atoms with van der Waals surface area (Å²) < 4.78 is 18.0. The average molecular weight is 310 g/mol. The van der Waals surface area contributed by atoms with Crippen LogP contribution in [0.5, 0.6) is 0 Å². The molecule has 0 aliphatic carbocycles. The second-order valence-electron chi connectivity index (χ2n) is 6.36. The van der Waals surface area contributed by atoms with Gasteiger partial charge in [-0.2, -0.15) is 0 Å². The predicted molar refractivity (Wildman–Crippen MR) is 83.0 cm³/mol. The van der Waals surface area contributed by atoms with Gasteiger partial charge in [0.1, 0.15) is 17.5 Å². The van der Waals surface area contributed by atoms with Crippen molar-refractivity contribution in [1.82, 2.24) is 5.32 Å². The highest BCUT2D eigenvalue weighted by atomic mass is 19.1. The van der Waals surface area contributed by atoms with Gasteiger partial charge in [-0.15, -0.1) is 0 Å². The number of nitrogens with one attached hydrogen (secondary N) is 2. The summed E-state index contributed by atoms with van der Waals surface area (Å²) in [6, 6.07) is 4.67. The van der Waals surface area contributed by atoms with Crippen molar-refractivity contribution in [3.05, 3.63) is 30.1 Å². The Morgan fingerprint density at radius 2 is 1.68 bits per heavy atom. The number of halogens is 1. The van der Waals surface area contributed by atoms with E-state index in [1.165, 1.54) is 24.3 Å². The van der Waals surface area contributed by atoms with Crippen LogP contribution in [0.1, 0.15) is 34.6 Å². The first-order valence-electron chi connectivity index (χ1n) is 7.14. The van der Waals surface area contributed by atoms with Gasteiger partial charge in [0.2, 0.25) is 5.91 Å². The number of amides is 2. The second kappa shape index (κ2) is 7.24. The van der Waals surface area contributed by atoms with Gasteiger partial charge in [-0.1, -0.05) is 13.8 Å². The Labute approximate surface area is 130 Å². The largest absolute Gasteiger partial charge is 0.444 e. The molecule has 0 saturated heterocycles. The Morgan fingerprint density at radius 3 is 2.14 bits per heavy atom. The van der Waals surface area contributed by atoms with E-state index >= 15 is 0 Å². The van der Waals surface area contributed by atoms with Crippen molar-refractivity contribution in [2.45, 2.75) is 46.3 Å². The van der Waals surface area contributed by atoms with Gasteiger partial charge in [0.05, 0.1) is 0 Å². The molecule has 0 unspecified atom stereocenters. The topological polar surface area (TPSA) is 67.4 Å².